The summed E-state index contributed by atoms with van der Waals surface area (Å²) in [5, 5.41) is 7.50. The van der Waals surface area contributed by atoms with Crippen LogP contribution in [0.4, 0.5) is 0 Å². The van der Waals surface area contributed by atoms with Crippen LogP contribution in [0.2, 0.25) is 0 Å². The molecule has 1 fully saturated rings. The van der Waals surface area contributed by atoms with E-state index >= 15 is 0 Å². The van der Waals surface area contributed by atoms with Gasteiger partial charge in [-0.05, 0) is 43.6 Å². The van der Waals surface area contributed by atoms with Gasteiger partial charge in [0.25, 0.3) is 11.8 Å². The van der Waals surface area contributed by atoms with E-state index in [1.54, 1.807) is 15.6 Å². The van der Waals surface area contributed by atoms with Gasteiger partial charge in [0.1, 0.15) is 11.7 Å². The van der Waals surface area contributed by atoms with E-state index in [1.807, 2.05) is 35.2 Å². The fourth-order valence-corrected chi connectivity index (χ4v) is 4.69. The lowest BCUT2D eigenvalue weighted by molar-refractivity contribution is -0.126. The van der Waals surface area contributed by atoms with Crippen molar-refractivity contribution < 1.29 is 14.4 Å². The van der Waals surface area contributed by atoms with E-state index in [9.17, 15) is 14.4 Å². The Bertz CT molecular complexity index is 1020. The minimum atomic E-state index is -0.486. The van der Waals surface area contributed by atoms with Crippen molar-refractivity contribution in [3.8, 4) is 0 Å². The van der Waals surface area contributed by atoms with E-state index in [0.717, 1.165) is 31.2 Å². The van der Waals surface area contributed by atoms with Gasteiger partial charge >= 0.3 is 0 Å². The second-order valence-electron chi connectivity index (χ2n) is 9.69. The Morgan fingerprint density at radius 1 is 1.09 bits per heavy atom. The first-order valence-electron chi connectivity index (χ1n) is 12.4. The number of carbonyl (C=O) groups excluding carboxylic acids is 3. The van der Waals surface area contributed by atoms with Crippen molar-refractivity contribution in [2.24, 2.45) is 5.92 Å². The topological polar surface area (TPSA) is 87.5 Å². The molecule has 8 heteroatoms. The predicted octanol–water partition coefficient (Wildman–Crippen LogP) is 3.09. The highest BCUT2D eigenvalue weighted by Gasteiger charge is 2.35. The predicted molar refractivity (Wildman–Crippen MR) is 129 cm³/mol. The molecule has 8 nitrogen and oxygen atoms in total. The van der Waals surface area contributed by atoms with Gasteiger partial charge in [-0.1, -0.05) is 44.2 Å². The van der Waals surface area contributed by atoms with Crippen LogP contribution in [0.3, 0.4) is 0 Å². The number of nitrogens with zero attached hydrogens (tertiary/aromatic N) is 4. The molecular formula is C26H35N5O3. The van der Waals surface area contributed by atoms with Crippen molar-refractivity contribution in [3.05, 3.63) is 53.3 Å². The normalized spacial score (nSPS) is 18.6. The number of amides is 3. The van der Waals surface area contributed by atoms with Gasteiger partial charge in [0.15, 0.2) is 5.69 Å². The van der Waals surface area contributed by atoms with Crippen LogP contribution < -0.4 is 5.32 Å². The van der Waals surface area contributed by atoms with Crippen molar-refractivity contribution in [2.45, 2.75) is 65.1 Å². The van der Waals surface area contributed by atoms with Crippen molar-refractivity contribution in [3.63, 3.8) is 0 Å². The maximum absolute atomic E-state index is 13.4. The summed E-state index contributed by atoms with van der Waals surface area (Å²) in [6, 6.07) is 11.0. The number of fused-ring (bicyclic) bond motifs is 1. The minimum absolute atomic E-state index is 0.0976. The van der Waals surface area contributed by atoms with E-state index in [-0.39, 0.29) is 23.4 Å². The highest BCUT2D eigenvalue weighted by Crippen LogP contribution is 2.22. The molecule has 1 unspecified atom stereocenters. The van der Waals surface area contributed by atoms with Crippen molar-refractivity contribution >= 4 is 17.7 Å². The van der Waals surface area contributed by atoms with Gasteiger partial charge in [0, 0.05) is 38.8 Å². The van der Waals surface area contributed by atoms with Gasteiger partial charge in [-0.2, -0.15) is 5.10 Å². The van der Waals surface area contributed by atoms with Gasteiger partial charge in [-0.3, -0.25) is 19.1 Å². The molecule has 2 aromatic rings. The molecule has 1 N–H and O–H groups in total. The van der Waals surface area contributed by atoms with Crippen LogP contribution in [0.5, 0.6) is 0 Å². The first-order chi connectivity index (χ1) is 16.4. The van der Waals surface area contributed by atoms with E-state index in [0.29, 0.717) is 50.8 Å². The number of carbonyl (C=O) groups is 3. The van der Waals surface area contributed by atoms with Crippen molar-refractivity contribution in [2.75, 3.05) is 19.6 Å². The Morgan fingerprint density at radius 3 is 2.65 bits per heavy atom. The number of aromatic nitrogens is 2. The summed E-state index contributed by atoms with van der Waals surface area (Å²) < 4.78 is 1.65. The number of aryl methyl sites for hydroxylation is 1. The maximum atomic E-state index is 13.4. The van der Waals surface area contributed by atoms with Crippen LogP contribution in [0.1, 0.15) is 72.5 Å². The van der Waals surface area contributed by atoms with E-state index in [1.165, 1.54) is 0 Å². The summed E-state index contributed by atoms with van der Waals surface area (Å²) in [6.45, 7) is 7.13. The number of hydrogen-bond donors (Lipinski definition) is 1. The first kappa shape index (κ1) is 24.0. The molecule has 182 valence electrons. The summed E-state index contributed by atoms with van der Waals surface area (Å²) in [5.41, 5.74) is 1.75. The molecule has 1 saturated heterocycles. The van der Waals surface area contributed by atoms with Crippen LogP contribution >= 0.6 is 0 Å². The summed E-state index contributed by atoms with van der Waals surface area (Å²) in [6.07, 6.45) is 4.10. The monoisotopic (exact) mass is 465 g/mol. The van der Waals surface area contributed by atoms with Crippen molar-refractivity contribution in [1.82, 2.24) is 24.9 Å². The van der Waals surface area contributed by atoms with Crippen LogP contribution in [0.15, 0.2) is 36.4 Å². The summed E-state index contributed by atoms with van der Waals surface area (Å²) >= 11 is 0. The number of nitrogens with one attached hydrogen (secondary N) is 1. The zero-order valence-electron chi connectivity index (χ0n) is 20.2. The molecule has 1 aromatic carbocycles. The molecule has 34 heavy (non-hydrogen) atoms. The third-order valence-electron chi connectivity index (χ3n) is 6.61. The number of rotatable bonds is 7. The SMILES string of the molecule is CC(C)CCNC(=O)C1CCCCN1C(=O)c1cc2n(n1)CCCN(Cc1ccccc1)C2=O. The molecule has 0 bridgehead atoms. The highest BCUT2D eigenvalue weighted by atomic mass is 16.2. The average Bonchev–Trinajstić information content (AvgIpc) is 3.21. The molecule has 4 rings (SSSR count). The number of hydrogen-bond acceptors (Lipinski definition) is 4. The maximum Gasteiger partial charge on any atom is 0.275 e. The van der Waals surface area contributed by atoms with Crippen LogP contribution in [0.25, 0.3) is 0 Å². The molecular weight excluding hydrogens is 430 g/mol. The first-order valence-corrected chi connectivity index (χ1v) is 12.4. The molecule has 3 heterocycles. The zero-order chi connectivity index (χ0) is 24.1. The summed E-state index contributed by atoms with van der Waals surface area (Å²) in [4.78, 5) is 43.0. The lowest BCUT2D eigenvalue weighted by Crippen LogP contribution is -2.52. The van der Waals surface area contributed by atoms with Crippen LogP contribution in [-0.2, 0) is 17.9 Å². The number of likely N-dealkylation sites (tertiary alicyclic amines) is 1. The molecule has 2 aliphatic rings. The lowest BCUT2D eigenvalue weighted by Gasteiger charge is -2.34. The third-order valence-corrected chi connectivity index (χ3v) is 6.61. The van der Waals surface area contributed by atoms with Crippen LogP contribution in [0, 0.1) is 5.92 Å². The molecule has 0 radical (unpaired) electrons. The number of piperidine rings is 1. The molecule has 1 atom stereocenters. The Balaban J connectivity index is 1.48. The third kappa shape index (κ3) is 5.48. The lowest BCUT2D eigenvalue weighted by atomic mass is 10.0. The van der Waals surface area contributed by atoms with Gasteiger partial charge < -0.3 is 15.1 Å². The van der Waals surface area contributed by atoms with Gasteiger partial charge in [-0.25, -0.2) is 0 Å². The zero-order valence-corrected chi connectivity index (χ0v) is 20.2. The fourth-order valence-electron chi connectivity index (χ4n) is 4.69. The van der Waals surface area contributed by atoms with E-state index in [2.05, 4.69) is 24.3 Å². The van der Waals surface area contributed by atoms with Gasteiger partial charge in [0.2, 0.25) is 5.91 Å². The molecule has 1 aromatic heterocycles. The second kappa shape index (κ2) is 10.8. The minimum Gasteiger partial charge on any atom is -0.354 e. The van der Waals surface area contributed by atoms with E-state index in [4.69, 9.17) is 0 Å². The molecule has 3 amide bonds. The number of benzene rings is 1. The summed E-state index contributed by atoms with van der Waals surface area (Å²) in [5.74, 6) is 0.0186. The highest BCUT2D eigenvalue weighted by molar-refractivity contribution is 5.99. The van der Waals surface area contributed by atoms with Gasteiger partial charge in [0.05, 0.1) is 0 Å². The smallest absolute Gasteiger partial charge is 0.275 e. The second-order valence-corrected chi connectivity index (χ2v) is 9.69. The molecule has 0 spiro atoms. The fraction of sp³-hybridized carbons (Fsp3) is 0.538. The van der Waals surface area contributed by atoms with Crippen LogP contribution in [-0.4, -0.2) is 63.0 Å². The molecule has 0 saturated carbocycles. The quantitative estimate of drug-likeness (QED) is 0.681. The largest absolute Gasteiger partial charge is 0.354 e. The van der Waals surface area contributed by atoms with E-state index < -0.39 is 6.04 Å². The summed E-state index contributed by atoms with van der Waals surface area (Å²) in [7, 11) is 0. The average molecular weight is 466 g/mol. The molecule has 0 aliphatic carbocycles. The van der Waals surface area contributed by atoms with Crippen molar-refractivity contribution in [1.29, 1.82) is 0 Å². The van der Waals surface area contributed by atoms with Gasteiger partial charge in [-0.15, -0.1) is 0 Å². The standard InChI is InChI=1S/C26H35N5O3/c1-19(2)12-13-27-24(32)22-11-6-7-15-30(22)25(33)21-17-23-26(34)29(14-8-16-31(23)28-21)18-20-9-4-3-5-10-20/h3-5,9-10,17,19,22H,6-8,11-16,18H2,1-2H3,(H,27,32). The Labute approximate surface area is 201 Å². The molecule has 2 aliphatic heterocycles. The Morgan fingerprint density at radius 2 is 1.88 bits per heavy atom. The Hall–Kier alpha value is -3.16. The Kier molecular flexibility index (Phi) is 7.65.